The summed E-state index contributed by atoms with van der Waals surface area (Å²) in [6, 6.07) is 0. The van der Waals surface area contributed by atoms with Crippen LogP contribution in [0.15, 0.2) is 10.2 Å². The van der Waals surface area contributed by atoms with Gasteiger partial charge in [0.1, 0.15) is 5.69 Å². The van der Waals surface area contributed by atoms with Gasteiger partial charge in [0.15, 0.2) is 10.2 Å². The van der Waals surface area contributed by atoms with Crippen LogP contribution in [-0.4, -0.2) is 27.4 Å². The molecule has 0 atom stereocenters. The zero-order valence-electron chi connectivity index (χ0n) is 7.97. The minimum atomic E-state index is -0.439. The van der Waals surface area contributed by atoms with Crippen molar-refractivity contribution in [3.63, 3.8) is 0 Å². The summed E-state index contributed by atoms with van der Waals surface area (Å²) in [5.41, 5.74) is 0.425. The molecule has 0 amide bonds. The summed E-state index contributed by atoms with van der Waals surface area (Å²) in [5, 5.41) is 11.7. The first-order valence-electron chi connectivity index (χ1n) is 3.71. The molecule has 0 aromatic carbocycles. The number of nitro groups is 1. The van der Waals surface area contributed by atoms with E-state index in [1.54, 1.807) is 13.2 Å². The maximum atomic E-state index is 10.7. The van der Waals surface area contributed by atoms with Crippen molar-refractivity contribution >= 4 is 29.2 Å². The van der Waals surface area contributed by atoms with Crippen molar-refractivity contribution in [1.82, 2.24) is 9.97 Å². The topological polar surface area (TPSA) is 68.9 Å². The summed E-state index contributed by atoms with van der Waals surface area (Å²) >= 11 is 2.64. The molecule has 0 aliphatic carbocycles. The van der Waals surface area contributed by atoms with Gasteiger partial charge in [-0.2, -0.15) is 0 Å². The first-order chi connectivity index (χ1) is 6.60. The molecule has 0 spiro atoms. The maximum absolute atomic E-state index is 10.7. The number of thioether (sulfide) groups is 2. The van der Waals surface area contributed by atoms with Gasteiger partial charge in [-0.1, -0.05) is 11.8 Å². The lowest BCUT2D eigenvalue weighted by atomic mass is 10.4. The van der Waals surface area contributed by atoms with Crippen LogP contribution in [0.5, 0.6) is 0 Å². The molecule has 0 saturated heterocycles. The van der Waals surface area contributed by atoms with E-state index in [0.29, 0.717) is 15.9 Å². The van der Waals surface area contributed by atoms with Gasteiger partial charge >= 0.3 is 5.69 Å². The van der Waals surface area contributed by atoms with Crippen molar-refractivity contribution in [2.45, 2.75) is 17.1 Å². The van der Waals surface area contributed by atoms with Gasteiger partial charge in [0.2, 0.25) is 0 Å². The fourth-order valence-corrected chi connectivity index (χ4v) is 2.02. The minimum absolute atomic E-state index is 0.00954. The molecule has 0 aliphatic rings. The normalized spacial score (nSPS) is 10.2. The Morgan fingerprint density at radius 1 is 1.29 bits per heavy atom. The van der Waals surface area contributed by atoms with E-state index in [1.807, 2.05) is 6.26 Å². The van der Waals surface area contributed by atoms with Crippen LogP contribution in [0.1, 0.15) is 5.69 Å². The Bertz CT molecular complexity index is 370. The number of aryl methyl sites for hydroxylation is 1. The van der Waals surface area contributed by atoms with Gasteiger partial charge in [0.05, 0.1) is 4.92 Å². The highest BCUT2D eigenvalue weighted by atomic mass is 32.2. The van der Waals surface area contributed by atoms with Gasteiger partial charge in [-0.15, -0.1) is 11.8 Å². The van der Waals surface area contributed by atoms with E-state index >= 15 is 0 Å². The van der Waals surface area contributed by atoms with Gasteiger partial charge in [-0.3, -0.25) is 10.1 Å². The second-order valence-corrected chi connectivity index (χ2v) is 3.98. The Hall–Kier alpha value is -0.820. The average molecular weight is 231 g/mol. The zero-order chi connectivity index (χ0) is 10.7. The van der Waals surface area contributed by atoms with Crippen LogP contribution in [0, 0.1) is 17.0 Å². The summed E-state index contributed by atoms with van der Waals surface area (Å²) in [6.45, 7) is 1.62. The molecular formula is C7H9N3O2S2. The van der Waals surface area contributed by atoms with E-state index < -0.39 is 4.92 Å². The van der Waals surface area contributed by atoms with E-state index in [1.165, 1.54) is 23.5 Å². The molecule has 7 heteroatoms. The Morgan fingerprint density at radius 3 is 2.36 bits per heavy atom. The lowest BCUT2D eigenvalue weighted by molar-refractivity contribution is -0.389. The van der Waals surface area contributed by atoms with E-state index in [9.17, 15) is 10.1 Å². The van der Waals surface area contributed by atoms with Crippen molar-refractivity contribution < 1.29 is 4.92 Å². The zero-order valence-corrected chi connectivity index (χ0v) is 9.61. The second-order valence-electron chi connectivity index (χ2n) is 2.41. The summed E-state index contributed by atoms with van der Waals surface area (Å²) in [5.74, 6) is 0. The first kappa shape index (κ1) is 11.3. The standard InChI is InChI=1S/C7H9N3O2S2/c1-4-5(10(11)12)6(13-2)9-7(8-4)14-3/h1-3H3. The van der Waals surface area contributed by atoms with Gasteiger partial charge in [0, 0.05) is 0 Å². The first-order valence-corrected chi connectivity index (χ1v) is 6.16. The Kier molecular flexibility index (Phi) is 3.70. The second kappa shape index (κ2) is 4.61. The van der Waals surface area contributed by atoms with Crippen LogP contribution in [-0.2, 0) is 0 Å². The number of aromatic nitrogens is 2. The smallest absolute Gasteiger partial charge is 0.258 e. The lowest BCUT2D eigenvalue weighted by Crippen LogP contribution is -2.00. The Morgan fingerprint density at radius 2 is 1.93 bits per heavy atom. The predicted molar refractivity (Wildman–Crippen MR) is 57.0 cm³/mol. The molecule has 0 bridgehead atoms. The highest BCUT2D eigenvalue weighted by molar-refractivity contribution is 7.99. The lowest BCUT2D eigenvalue weighted by Gasteiger charge is -2.03. The summed E-state index contributed by atoms with van der Waals surface area (Å²) in [7, 11) is 0. The number of hydrogen-bond acceptors (Lipinski definition) is 6. The highest BCUT2D eigenvalue weighted by Crippen LogP contribution is 2.29. The molecule has 1 aromatic rings. The van der Waals surface area contributed by atoms with E-state index in [2.05, 4.69) is 9.97 Å². The number of rotatable bonds is 3. The molecular weight excluding hydrogens is 222 g/mol. The predicted octanol–water partition coefficient (Wildman–Crippen LogP) is 2.14. The van der Waals surface area contributed by atoms with Gasteiger partial charge in [0.25, 0.3) is 0 Å². The van der Waals surface area contributed by atoms with Gasteiger partial charge in [-0.25, -0.2) is 9.97 Å². The van der Waals surface area contributed by atoms with Crippen molar-refractivity contribution in [3.8, 4) is 0 Å². The largest absolute Gasteiger partial charge is 0.322 e. The van der Waals surface area contributed by atoms with Crippen molar-refractivity contribution in [1.29, 1.82) is 0 Å². The number of nitrogens with zero attached hydrogens (tertiary/aromatic N) is 3. The van der Waals surface area contributed by atoms with E-state index in [4.69, 9.17) is 0 Å². The molecule has 14 heavy (non-hydrogen) atoms. The third kappa shape index (κ3) is 2.16. The highest BCUT2D eigenvalue weighted by Gasteiger charge is 2.20. The fraction of sp³-hybridized carbons (Fsp3) is 0.429. The summed E-state index contributed by atoms with van der Waals surface area (Å²) in [6.07, 6.45) is 3.60. The molecule has 0 N–H and O–H groups in total. The monoisotopic (exact) mass is 231 g/mol. The number of hydrogen-bond donors (Lipinski definition) is 0. The minimum Gasteiger partial charge on any atom is -0.258 e. The van der Waals surface area contributed by atoms with Gasteiger partial charge < -0.3 is 0 Å². The Labute approximate surface area is 89.9 Å². The SMILES string of the molecule is CSc1nc(C)c([N+](=O)[O-])c(SC)n1. The van der Waals surface area contributed by atoms with Crippen molar-refractivity contribution in [2.24, 2.45) is 0 Å². The molecule has 0 radical (unpaired) electrons. The van der Waals surface area contributed by atoms with Crippen LogP contribution in [0.2, 0.25) is 0 Å². The molecule has 5 nitrogen and oxygen atoms in total. The Balaban J connectivity index is 3.34. The molecule has 0 unspecified atom stereocenters. The van der Waals surface area contributed by atoms with Crippen LogP contribution in [0.25, 0.3) is 0 Å². The maximum Gasteiger partial charge on any atom is 0.322 e. The molecule has 76 valence electrons. The molecule has 1 heterocycles. The fourth-order valence-electron chi connectivity index (χ4n) is 0.960. The van der Waals surface area contributed by atoms with E-state index in [0.717, 1.165) is 0 Å². The van der Waals surface area contributed by atoms with Gasteiger partial charge in [-0.05, 0) is 19.4 Å². The van der Waals surface area contributed by atoms with Crippen LogP contribution >= 0.6 is 23.5 Å². The quantitative estimate of drug-likeness (QED) is 0.261. The van der Waals surface area contributed by atoms with Crippen LogP contribution in [0.4, 0.5) is 5.69 Å². The van der Waals surface area contributed by atoms with Crippen molar-refractivity contribution in [3.05, 3.63) is 15.8 Å². The van der Waals surface area contributed by atoms with E-state index in [-0.39, 0.29) is 5.69 Å². The summed E-state index contributed by atoms with van der Waals surface area (Å²) in [4.78, 5) is 18.4. The summed E-state index contributed by atoms with van der Waals surface area (Å²) < 4.78 is 0. The molecule has 1 rings (SSSR count). The third-order valence-electron chi connectivity index (χ3n) is 1.56. The molecule has 0 aliphatic heterocycles. The third-order valence-corrected chi connectivity index (χ3v) is 2.78. The molecule has 1 aromatic heterocycles. The average Bonchev–Trinajstić information content (AvgIpc) is 2.15. The van der Waals surface area contributed by atoms with Crippen LogP contribution in [0.3, 0.4) is 0 Å². The van der Waals surface area contributed by atoms with Crippen LogP contribution < -0.4 is 0 Å². The molecule has 0 saturated carbocycles. The van der Waals surface area contributed by atoms with Crippen molar-refractivity contribution in [2.75, 3.05) is 12.5 Å². The molecule has 0 fully saturated rings.